The lowest BCUT2D eigenvalue weighted by Gasteiger charge is -2.31. The van der Waals surface area contributed by atoms with E-state index in [-0.39, 0.29) is 0 Å². The Kier molecular flexibility index (Phi) is 5.06. The second-order valence-electron chi connectivity index (χ2n) is 5.26. The van der Waals surface area contributed by atoms with Crippen molar-refractivity contribution in [2.24, 2.45) is 0 Å². The molecule has 1 aromatic rings. The van der Waals surface area contributed by atoms with Crippen molar-refractivity contribution in [3.05, 3.63) is 16.1 Å². The largest absolute Gasteiger partial charge is 0.389 e. The van der Waals surface area contributed by atoms with Crippen LogP contribution in [-0.4, -0.2) is 33.7 Å². The first-order chi connectivity index (χ1) is 8.59. The molecule has 2 rings (SSSR count). The average Bonchev–Trinajstić information content (AvgIpc) is 2.78. The summed E-state index contributed by atoms with van der Waals surface area (Å²) in [4.78, 5) is 5.67. The Labute approximate surface area is 117 Å². The van der Waals surface area contributed by atoms with Gasteiger partial charge in [-0.1, -0.05) is 13.8 Å². The molecule has 1 saturated heterocycles. The minimum Gasteiger partial charge on any atom is -0.389 e. The predicted molar refractivity (Wildman–Crippen MR) is 79.4 cm³/mol. The highest BCUT2D eigenvalue weighted by Crippen LogP contribution is 2.26. The molecule has 0 saturated carbocycles. The van der Waals surface area contributed by atoms with Crippen molar-refractivity contribution < 1.29 is 5.11 Å². The number of nitrogens with one attached hydrogen (secondary N) is 1. The summed E-state index contributed by atoms with van der Waals surface area (Å²) < 4.78 is 0. The molecule has 2 N–H and O–H groups in total. The van der Waals surface area contributed by atoms with Crippen molar-refractivity contribution in [3.8, 4) is 0 Å². The van der Waals surface area contributed by atoms with Gasteiger partial charge in [-0.25, -0.2) is 4.98 Å². The summed E-state index contributed by atoms with van der Waals surface area (Å²) in [5, 5.41) is 14.9. The Hall–Kier alpha value is -0.100. The number of thiazole rings is 1. The molecule has 102 valence electrons. The minimum absolute atomic E-state index is 0.489. The third-order valence-corrected chi connectivity index (χ3v) is 5.53. The molecule has 3 nitrogen and oxygen atoms in total. The summed E-state index contributed by atoms with van der Waals surface area (Å²) in [5.41, 5.74) is -0.489. The molecule has 0 atom stereocenters. The average molecular weight is 286 g/mol. The van der Waals surface area contributed by atoms with Crippen LogP contribution in [0.15, 0.2) is 6.20 Å². The molecule has 0 unspecified atom stereocenters. The summed E-state index contributed by atoms with van der Waals surface area (Å²) in [7, 11) is 0. The van der Waals surface area contributed by atoms with Gasteiger partial charge in [0.1, 0.15) is 0 Å². The molecule has 0 amide bonds. The van der Waals surface area contributed by atoms with E-state index in [1.54, 1.807) is 11.3 Å². The fourth-order valence-corrected chi connectivity index (χ4v) is 4.16. The van der Waals surface area contributed by atoms with Crippen molar-refractivity contribution in [1.29, 1.82) is 0 Å². The number of thioether (sulfide) groups is 1. The lowest BCUT2D eigenvalue weighted by molar-refractivity contribution is 0.0321. The second kappa shape index (κ2) is 6.37. The molecular formula is C13H22N2OS2. The number of aromatic nitrogens is 1. The van der Waals surface area contributed by atoms with E-state index in [1.165, 1.54) is 9.88 Å². The molecule has 18 heavy (non-hydrogen) atoms. The van der Waals surface area contributed by atoms with Gasteiger partial charge in [0.2, 0.25) is 0 Å². The molecular weight excluding hydrogens is 264 g/mol. The van der Waals surface area contributed by atoms with Gasteiger partial charge in [0, 0.05) is 30.1 Å². The van der Waals surface area contributed by atoms with Gasteiger partial charge in [-0.2, -0.15) is 11.8 Å². The zero-order valence-electron chi connectivity index (χ0n) is 11.1. The molecule has 0 aliphatic carbocycles. The van der Waals surface area contributed by atoms with Crippen molar-refractivity contribution in [3.63, 3.8) is 0 Å². The van der Waals surface area contributed by atoms with Crippen LogP contribution in [-0.2, 0) is 6.54 Å². The fourth-order valence-electron chi connectivity index (χ4n) is 2.02. The first-order valence-corrected chi connectivity index (χ1v) is 8.52. The lowest BCUT2D eigenvalue weighted by Crippen LogP contribution is -2.43. The Morgan fingerprint density at radius 3 is 2.78 bits per heavy atom. The van der Waals surface area contributed by atoms with Crippen LogP contribution in [0.2, 0.25) is 0 Å². The highest BCUT2D eigenvalue weighted by Gasteiger charge is 2.28. The van der Waals surface area contributed by atoms with E-state index in [0.717, 1.165) is 30.9 Å². The van der Waals surface area contributed by atoms with Gasteiger partial charge in [-0.3, -0.25) is 0 Å². The van der Waals surface area contributed by atoms with Crippen LogP contribution in [0.3, 0.4) is 0 Å². The van der Waals surface area contributed by atoms with E-state index in [0.29, 0.717) is 12.5 Å². The topological polar surface area (TPSA) is 45.2 Å². The normalized spacial score (nSPS) is 19.3. The van der Waals surface area contributed by atoms with Crippen molar-refractivity contribution >= 4 is 23.1 Å². The zero-order valence-corrected chi connectivity index (χ0v) is 12.7. The van der Waals surface area contributed by atoms with Crippen LogP contribution in [0.1, 0.15) is 42.5 Å². The van der Waals surface area contributed by atoms with Crippen LogP contribution in [0.5, 0.6) is 0 Å². The zero-order chi connectivity index (χ0) is 13.0. The van der Waals surface area contributed by atoms with Crippen molar-refractivity contribution in [1.82, 2.24) is 10.3 Å². The SMILES string of the molecule is CC(C)c1ncc(CNCC2(O)CCSCC2)s1. The third kappa shape index (κ3) is 3.95. The Morgan fingerprint density at radius 1 is 1.44 bits per heavy atom. The van der Waals surface area contributed by atoms with Crippen molar-refractivity contribution in [2.45, 2.75) is 44.8 Å². The van der Waals surface area contributed by atoms with Crippen LogP contribution >= 0.6 is 23.1 Å². The van der Waals surface area contributed by atoms with E-state index in [9.17, 15) is 5.11 Å². The third-order valence-electron chi connectivity index (χ3n) is 3.24. The second-order valence-corrected chi connectivity index (χ2v) is 7.63. The first kappa shape index (κ1) is 14.3. The minimum atomic E-state index is -0.489. The molecule has 1 aromatic heterocycles. The van der Waals surface area contributed by atoms with Crippen molar-refractivity contribution in [2.75, 3.05) is 18.1 Å². The fraction of sp³-hybridized carbons (Fsp3) is 0.769. The van der Waals surface area contributed by atoms with E-state index in [2.05, 4.69) is 24.1 Å². The summed E-state index contributed by atoms with van der Waals surface area (Å²) >= 11 is 3.70. The van der Waals surface area contributed by atoms with Gasteiger partial charge < -0.3 is 10.4 Å². The van der Waals surface area contributed by atoms with E-state index < -0.39 is 5.60 Å². The molecule has 2 heterocycles. The molecule has 1 fully saturated rings. The molecule has 0 radical (unpaired) electrons. The van der Waals surface area contributed by atoms with Gasteiger partial charge in [-0.15, -0.1) is 11.3 Å². The van der Waals surface area contributed by atoms with Crippen LogP contribution in [0.25, 0.3) is 0 Å². The first-order valence-electron chi connectivity index (χ1n) is 6.54. The highest BCUT2D eigenvalue weighted by atomic mass is 32.2. The number of hydrogen-bond acceptors (Lipinski definition) is 5. The number of rotatable bonds is 5. The molecule has 1 aliphatic rings. The number of hydrogen-bond donors (Lipinski definition) is 2. The number of aliphatic hydroxyl groups is 1. The van der Waals surface area contributed by atoms with Gasteiger partial charge >= 0.3 is 0 Å². The Balaban J connectivity index is 1.77. The van der Waals surface area contributed by atoms with Gasteiger partial charge in [-0.05, 0) is 24.3 Å². The summed E-state index contributed by atoms with van der Waals surface area (Å²) in [5.74, 6) is 2.66. The summed E-state index contributed by atoms with van der Waals surface area (Å²) in [6, 6.07) is 0. The maximum absolute atomic E-state index is 10.4. The van der Waals surface area contributed by atoms with E-state index >= 15 is 0 Å². The maximum Gasteiger partial charge on any atom is 0.0953 e. The standard InChI is InChI=1S/C13H22N2OS2/c1-10(2)12-15-8-11(18-12)7-14-9-13(16)3-5-17-6-4-13/h8,10,14,16H,3-7,9H2,1-2H3. The van der Waals surface area contributed by atoms with Gasteiger partial charge in [0.15, 0.2) is 0 Å². The lowest BCUT2D eigenvalue weighted by atomic mass is 9.97. The highest BCUT2D eigenvalue weighted by molar-refractivity contribution is 7.99. The van der Waals surface area contributed by atoms with E-state index in [1.807, 2.05) is 18.0 Å². The molecule has 0 spiro atoms. The van der Waals surface area contributed by atoms with Gasteiger partial charge in [0.25, 0.3) is 0 Å². The Bertz CT molecular complexity index is 373. The van der Waals surface area contributed by atoms with Crippen LogP contribution < -0.4 is 5.32 Å². The quantitative estimate of drug-likeness (QED) is 0.873. The smallest absolute Gasteiger partial charge is 0.0953 e. The molecule has 5 heteroatoms. The number of nitrogens with zero attached hydrogens (tertiary/aromatic N) is 1. The maximum atomic E-state index is 10.4. The molecule has 0 aromatic carbocycles. The summed E-state index contributed by atoms with van der Waals surface area (Å²) in [6.07, 6.45) is 3.77. The van der Waals surface area contributed by atoms with Gasteiger partial charge in [0.05, 0.1) is 10.6 Å². The van der Waals surface area contributed by atoms with Crippen LogP contribution in [0, 0.1) is 0 Å². The monoisotopic (exact) mass is 286 g/mol. The molecule has 1 aliphatic heterocycles. The van der Waals surface area contributed by atoms with E-state index in [4.69, 9.17) is 0 Å². The molecule has 0 bridgehead atoms. The van der Waals surface area contributed by atoms with Crippen LogP contribution in [0.4, 0.5) is 0 Å². The predicted octanol–water partition coefficient (Wildman–Crippen LogP) is 2.61. The summed E-state index contributed by atoms with van der Waals surface area (Å²) in [6.45, 7) is 5.85. The Morgan fingerprint density at radius 2 is 2.17 bits per heavy atom.